The van der Waals surface area contributed by atoms with Crippen molar-refractivity contribution in [2.24, 2.45) is 0 Å². The highest BCUT2D eigenvalue weighted by Crippen LogP contribution is 2.42. The zero-order valence-electron chi connectivity index (χ0n) is 19.9. The fraction of sp³-hybridized carbons (Fsp3) is 0.542. The van der Waals surface area contributed by atoms with Gasteiger partial charge in [-0.2, -0.15) is 4.37 Å². The second kappa shape index (κ2) is 8.92. The molecule has 0 atom stereocenters. The van der Waals surface area contributed by atoms with Crippen molar-refractivity contribution in [3.05, 3.63) is 51.3 Å². The second-order valence-corrected chi connectivity index (χ2v) is 11.4. The molecule has 10 heteroatoms. The molecule has 2 aromatic heterocycles. The summed E-state index contributed by atoms with van der Waals surface area (Å²) in [5, 5.41) is 10.9. The summed E-state index contributed by atoms with van der Waals surface area (Å²) in [7, 11) is 0. The van der Waals surface area contributed by atoms with Gasteiger partial charge >= 0.3 is 6.09 Å². The number of carbonyl (C=O) groups is 1. The van der Waals surface area contributed by atoms with Crippen LogP contribution in [0.25, 0.3) is 5.69 Å². The number of rotatable bonds is 2. The van der Waals surface area contributed by atoms with Gasteiger partial charge in [0.1, 0.15) is 22.3 Å². The molecule has 0 unspecified atom stereocenters. The highest BCUT2D eigenvalue weighted by Gasteiger charge is 2.33. The Morgan fingerprint density at radius 3 is 2.53 bits per heavy atom. The van der Waals surface area contributed by atoms with E-state index in [1.807, 2.05) is 45.9 Å². The smallest absolute Gasteiger partial charge is 0.411 e. The average molecular weight is 501 g/mol. The van der Waals surface area contributed by atoms with Crippen LogP contribution in [0.4, 0.5) is 4.79 Å². The number of fused-ring (bicyclic) bond motifs is 3. The maximum absolute atomic E-state index is 13.0. The van der Waals surface area contributed by atoms with Crippen molar-refractivity contribution in [2.45, 2.75) is 83.9 Å². The summed E-state index contributed by atoms with van der Waals surface area (Å²) in [5.41, 5.74) is 1.35. The minimum Gasteiger partial charge on any atom is -0.444 e. The van der Waals surface area contributed by atoms with Crippen LogP contribution in [0.5, 0.6) is 0 Å². The van der Waals surface area contributed by atoms with Gasteiger partial charge in [0.15, 0.2) is 5.82 Å². The number of nitrogens with zero attached hydrogens (tertiary/aromatic N) is 6. The molecule has 1 fully saturated rings. The monoisotopic (exact) mass is 500 g/mol. The lowest BCUT2D eigenvalue weighted by Gasteiger charge is -2.27. The Morgan fingerprint density at radius 2 is 1.85 bits per heavy atom. The first-order chi connectivity index (χ1) is 16.2. The summed E-state index contributed by atoms with van der Waals surface area (Å²) in [6.45, 7) is 8.28. The number of hydrogen-bond acceptors (Lipinski definition) is 7. The maximum Gasteiger partial charge on any atom is 0.411 e. The van der Waals surface area contributed by atoms with Crippen LogP contribution >= 0.6 is 23.1 Å². The number of aromatic nitrogens is 5. The number of halogens is 1. The first-order valence-corrected chi connectivity index (χ1v) is 12.8. The zero-order chi connectivity index (χ0) is 24.0. The Bertz CT molecular complexity index is 1210. The number of ether oxygens (including phenoxy) is 1. The lowest BCUT2D eigenvalue weighted by molar-refractivity contribution is 0.0214. The van der Waals surface area contributed by atoms with Gasteiger partial charge in [-0.15, -0.1) is 10.2 Å². The molecule has 5 rings (SSSR count). The van der Waals surface area contributed by atoms with Crippen molar-refractivity contribution in [1.82, 2.24) is 29.0 Å². The third kappa shape index (κ3) is 4.68. The molecule has 1 aliphatic carbocycles. The molecule has 1 aliphatic heterocycles. The summed E-state index contributed by atoms with van der Waals surface area (Å²) in [6.07, 6.45) is 3.77. The molecule has 0 N–H and O–H groups in total. The zero-order valence-corrected chi connectivity index (χ0v) is 21.5. The summed E-state index contributed by atoms with van der Waals surface area (Å²) >= 11 is 7.87. The highest BCUT2D eigenvalue weighted by atomic mass is 35.5. The molecule has 0 spiro atoms. The van der Waals surface area contributed by atoms with Crippen LogP contribution in [0.1, 0.15) is 86.3 Å². The predicted molar refractivity (Wildman–Crippen MR) is 130 cm³/mol. The third-order valence-electron chi connectivity index (χ3n) is 6.37. The molecule has 8 nitrogen and oxygen atoms in total. The van der Waals surface area contributed by atoms with Gasteiger partial charge < -0.3 is 4.74 Å². The van der Waals surface area contributed by atoms with Crippen molar-refractivity contribution in [2.75, 3.05) is 0 Å². The van der Waals surface area contributed by atoms with Gasteiger partial charge in [0.2, 0.25) is 0 Å². The number of hydrogen-bond donors (Lipinski definition) is 0. The van der Waals surface area contributed by atoms with Gasteiger partial charge in [-0.3, -0.25) is 9.47 Å². The van der Waals surface area contributed by atoms with Crippen molar-refractivity contribution in [3.63, 3.8) is 0 Å². The standard InChI is InChI=1S/C24H29ClN6O2S/c1-14-26-22(34-29-14)16-7-5-15(6-8-16)21-28-27-20-13-30(23(32)33-24(2,3)4)12-17-11-18(25)9-10-19(17)31(20)21/h9-11,15-16H,5-8,12-13H2,1-4H3. The van der Waals surface area contributed by atoms with Gasteiger partial charge in [0, 0.05) is 16.9 Å². The number of benzene rings is 1. The Hall–Kier alpha value is -2.52. The van der Waals surface area contributed by atoms with Crippen molar-refractivity contribution >= 4 is 29.2 Å². The van der Waals surface area contributed by atoms with E-state index in [1.165, 1.54) is 11.5 Å². The summed E-state index contributed by atoms with van der Waals surface area (Å²) in [6, 6.07) is 5.80. The van der Waals surface area contributed by atoms with E-state index in [1.54, 1.807) is 4.90 Å². The van der Waals surface area contributed by atoms with Gasteiger partial charge in [0.05, 0.1) is 18.8 Å². The van der Waals surface area contributed by atoms with Crippen LogP contribution in [-0.4, -0.2) is 40.7 Å². The number of amides is 1. The van der Waals surface area contributed by atoms with Crippen molar-refractivity contribution < 1.29 is 9.53 Å². The Morgan fingerprint density at radius 1 is 1.12 bits per heavy atom. The topological polar surface area (TPSA) is 86.0 Å². The molecule has 1 amide bonds. The van der Waals surface area contributed by atoms with Crippen LogP contribution in [0.2, 0.25) is 5.02 Å². The third-order valence-corrected chi connectivity index (χ3v) is 7.57. The van der Waals surface area contributed by atoms with Crippen LogP contribution < -0.4 is 0 Å². The molecular weight excluding hydrogens is 472 g/mol. The first kappa shape index (κ1) is 23.2. The van der Waals surface area contributed by atoms with Gasteiger partial charge in [-0.1, -0.05) is 11.6 Å². The van der Waals surface area contributed by atoms with E-state index in [0.717, 1.165) is 59.4 Å². The van der Waals surface area contributed by atoms with E-state index in [4.69, 9.17) is 16.3 Å². The summed E-state index contributed by atoms with van der Waals surface area (Å²) in [4.78, 5) is 19.2. The lowest BCUT2D eigenvalue weighted by atomic mass is 9.82. The first-order valence-electron chi connectivity index (χ1n) is 11.7. The molecule has 0 bridgehead atoms. The van der Waals surface area contributed by atoms with Crippen molar-refractivity contribution in [3.8, 4) is 5.69 Å². The Balaban J connectivity index is 1.44. The summed E-state index contributed by atoms with van der Waals surface area (Å²) < 4.78 is 12.1. The molecule has 0 saturated heterocycles. The normalized spacial score (nSPS) is 20.4. The van der Waals surface area contributed by atoms with E-state index in [-0.39, 0.29) is 6.09 Å². The van der Waals surface area contributed by atoms with Gasteiger partial charge in [-0.05, 0) is 88.7 Å². The summed E-state index contributed by atoms with van der Waals surface area (Å²) in [5.74, 6) is 3.31. The molecule has 3 aromatic rings. The Labute approximate surface area is 208 Å². The molecule has 0 radical (unpaired) electrons. The fourth-order valence-electron chi connectivity index (χ4n) is 4.82. The minimum absolute atomic E-state index is 0.295. The second-order valence-electron chi connectivity index (χ2n) is 10.1. The van der Waals surface area contributed by atoms with E-state index in [0.29, 0.717) is 29.9 Å². The van der Waals surface area contributed by atoms with Gasteiger partial charge in [0.25, 0.3) is 0 Å². The maximum atomic E-state index is 13.0. The SMILES string of the molecule is Cc1nsc(C2CCC(c3nnc4n3-c3ccc(Cl)cc3CN(C(=O)OC(C)(C)C)C4)CC2)n1. The minimum atomic E-state index is -0.580. The molecule has 34 heavy (non-hydrogen) atoms. The van der Waals surface area contributed by atoms with E-state index < -0.39 is 5.60 Å². The lowest BCUT2D eigenvalue weighted by Crippen LogP contribution is -2.35. The van der Waals surface area contributed by atoms with Crippen LogP contribution in [0, 0.1) is 6.92 Å². The predicted octanol–water partition coefficient (Wildman–Crippen LogP) is 5.77. The number of aryl methyl sites for hydroxylation is 1. The number of carbonyl (C=O) groups excluding carboxylic acids is 1. The molecule has 1 saturated carbocycles. The van der Waals surface area contributed by atoms with Crippen molar-refractivity contribution in [1.29, 1.82) is 0 Å². The van der Waals surface area contributed by atoms with Crippen LogP contribution in [-0.2, 0) is 17.8 Å². The largest absolute Gasteiger partial charge is 0.444 e. The fourth-order valence-corrected chi connectivity index (χ4v) is 5.84. The molecule has 180 valence electrons. The molecule has 1 aromatic carbocycles. The quantitative estimate of drug-likeness (QED) is 0.443. The van der Waals surface area contributed by atoms with Crippen LogP contribution in [0.3, 0.4) is 0 Å². The highest BCUT2D eigenvalue weighted by molar-refractivity contribution is 7.05. The average Bonchev–Trinajstić information content (AvgIpc) is 3.35. The van der Waals surface area contributed by atoms with E-state index >= 15 is 0 Å². The molecular formula is C24H29ClN6O2S. The molecule has 3 heterocycles. The van der Waals surface area contributed by atoms with E-state index in [2.05, 4.69) is 24.1 Å². The van der Waals surface area contributed by atoms with Crippen LogP contribution in [0.15, 0.2) is 18.2 Å². The molecule has 2 aliphatic rings. The Kier molecular flexibility index (Phi) is 6.10. The van der Waals surface area contributed by atoms with Gasteiger partial charge in [-0.25, -0.2) is 9.78 Å². The van der Waals surface area contributed by atoms with E-state index in [9.17, 15) is 4.79 Å².